The standard InChI is InChI=1S/C17H22FNO2/c18-15-7-5-14(6-8-15)3-1-9-19-10-12-21-17(13-19)16-4-2-11-20-16/h1,3,5-8,16-17H,2,4,9-13H2/b3-1+/t16-,17-/m0/s1. The number of rotatable bonds is 4. The highest BCUT2D eigenvalue weighted by Crippen LogP contribution is 2.20. The average Bonchev–Trinajstić information content (AvgIpc) is 3.04. The minimum Gasteiger partial charge on any atom is -0.375 e. The van der Waals surface area contributed by atoms with E-state index in [9.17, 15) is 4.39 Å². The molecular formula is C17H22FNO2. The molecule has 0 aliphatic carbocycles. The Labute approximate surface area is 125 Å². The summed E-state index contributed by atoms with van der Waals surface area (Å²) in [6.45, 7) is 4.42. The van der Waals surface area contributed by atoms with Crippen LogP contribution >= 0.6 is 0 Å². The molecule has 2 aliphatic heterocycles. The smallest absolute Gasteiger partial charge is 0.123 e. The van der Waals surface area contributed by atoms with E-state index in [2.05, 4.69) is 11.0 Å². The van der Waals surface area contributed by atoms with Gasteiger partial charge in [0.05, 0.1) is 18.8 Å². The molecule has 114 valence electrons. The van der Waals surface area contributed by atoms with Gasteiger partial charge in [0.2, 0.25) is 0 Å². The van der Waals surface area contributed by atoms with E-state index in [1.165, 1.54) is 12.1 Å². The largest absolute Gasteiger partial charge is 0.375 e. The predicted molar refractivity (Wildman–Crippen MR) is 80.6 cm³/mol. The molecule has 0 N–H and O–H groups in total. The lowest BCUT2D eigenvalue weighted by atomic mass is 10.1. The molecule has 1 aromatic carbocycles. The number of nitrogens with zero attached hydrogens (tertiary/aromatic N) is 1. The molecule has 2 fully saturated rings. The molecule has 0 bridgehead atoms. The van der Waals surface area contributed by atoms with Crippen molar-refractivity contribution in [1.82, 2.24) is 4.90 Å². The first kappa shape index (κ1) is 14.7. The third-order valence-electron chi connectivity index (χ3n) is 4.10. The Morgan fingerprint density at radius 2 is 1.95 bits per heavy atom. The SMILES string of the molecule is Fc1ccc(/C=C/CN2CCO[C@H]([C@@H]3CCCO3)C2)cc1. The Balaban J connectivity index is 1.49. The molecule has 3 nitrogen and oxygen atoms in total. The third-order valence-corrected chi connectivity index (χ3v) is 4.10. The summed E-state index contributed by atoms with van der Waals surface area (Å²) in [6.07, 6.45) is 6.91. The maximum absolute atomic E-state index is 12.8. The Bertz CT molecular complexity index is 468. The topological polar surface area (TPSA) is 21.7 Å². The first-order valence-corrected chi connectivity index (χ1v) is 7.69. The Hall–Kier alpha value is -1.23. The minimum absolute atomic E-state index is 0.195. The molecule has 2 saturated heterocycles. The molecule has 4 heteroatoms. The van der Waals surface area contributed by atoms with Crippen molar-refractivity contribution in [1.29, 1.82) is 0 Å². The zero-order chi connectivity index (χ0) is 14.5. The molecule has 2 atom stereocenters. The fraction of sp³-hybridized carbons (Fsp3) is 0.529. The van der Waals surface area contributed by atoms with Gasteiger partial charge in [-0.15, -0.1) is 0 Å². The van der Waals surface area contributed by atoms with Crippen LogP contribution in [0.25, 0.3) is 6.08 Å². The van der Waals surface area contributed by atoms with E-state index in [-0.39, 0.29) is 18.0 Å². The molecular weight excluding hydrogens is 269 g/mol. The third kappa shape index (κ3) is 4.13. The predicted octanol–water partition coefficient (Wildman–Crippen LogP) is 2.72. The Kier molecular flexibility index (Phi) is 5.01. The van der Waals surface area contributed by atoms with Crippen molar-refractivity contribution in [2.24, 2.45) is 0 Å². The van der Waals surface area contributed by atoms with Gasteiger partial charge in [0, 0.05) is 26.2 Å². The lowest BCUT2D eigenvalue weighted by molar-refractivity contribution is -0.0920. The van der Waals surface area contributed by atoms with E-state index < -0.39 is 0 Å². The summed E-state index contributed by atoms with van der Waals surface area (Å²) in [5.41, 5.74) is 1.03. The Morgan fingerprint density at radius 1 is 1.14 bits per heavy atom. The van der Waals surface area contributed by atoms with Crippen LogP contribution in [0.15, 0.2) is 30.3 Å². The molecule has 0 saturated carbocycles. The van der Waals surface area contributed by atoms with Crippen molar-refractivity contribution in [2.75, 3.05) is 32.8 Å². The fourth-order valence-corrected chi connectivity index (χ4v) is 2.93. The van der Waals surface area contributed by atoms with Gasteiger partial charge in [-0.25, -0.2) is 4.39 Å². The van der Waals surface area contributed by atoms with Gasteiger partial charge < -0.3 is 9.47 Å². The fourth-order valence-electron chi connectivity index (χ4n) is 2.93. The molecule has 21 heavy (non-hydrogen) atoms. The lowest BCUT2D eigenvalue weighted by Gasteiger charge is -2.34. The number of benzene rings is 1. The summed E-state index contributed by atoms with van der Waals surface area (Å²) in [5.74, 6) is -0.195. The summed E-state index contributed by atoms with van der Waals surface area (Å²) in [6, 6.07) is 6.56. The van der Waals surface area contributed by atoms with Gasteiger partial charge in [0.25, 0.3) is 0 Å². The van der Waals surface area contributed by atoms with Crippen LogP contribution in [-0.2, 0) is 9.47 Å². The summed E-state index contributed by atoms with van der Waals surface area (Å²) in [5, 5.41) is 0. The average molecular weight is 291 g/mol. The van der Waals surface area contributed by atoms with Crippen LogP contribution in [0, 0.1) is 5.82 Å². The second-order valence-electron chi connectivity index (χ2n) is 5.67. The van der Waals surface area contributed by atoms with Gasteiger partial charge in [-0.2, -0.15) is 0 Å². The van der Waals surface area contributed by atoms with Crippen LogP contribution in [0.5, 0.6) is 0 Å². The molecule has 0 spiro atoms. The van der Waals surface area contributed by atoms with Crippen LogP contribution < -0.4 is 0 Å². The second kappa shape index (κ2) is 7.16. The highest BCUT2D eigenvalue weighted by molar-refractivity contribution is 5.48. The maximum Gasteiger partial charge on any atom is 0.123 e. The van der Waals surface area contributed by atoms with Gasteiger partial charge in [-0.1, -0.05) is 24.3 Å². The monoisotopic (exact) mass is 291 g/mol. The van der Waals surface area contributed by atoms with Crippen molar-refractivity contribution in [3.63, 3.8) is 0 Å². The van der Waals surface area contributed by atoms with Gasteiger partial charge >= 0.3 is 0 Å². The number of halogens is 1. The van der Waals surface area contributed by atoms with E-state index in [4.69, 9.17) is 9.47 Å². The normalized spacial score (nSPS) is 27.5. The lowest BCUT2D eigenvalue weighted by Crippen LogP contribution is -2.47. The minimum atomic E-state index is -0.195. The van der Waals surface area contributed by atoms with Crippen LogP contribution in [-0.4, -0.2) is 50.0 Å². The highest BCUT2D eigenvalue weighted by atomic mass is 19.1. The van der Waals surface area contributed by atoms with Crippen molar-refractivity contribution in [3.05, 3.63) is 41.7 Å². The molecule has 2 heterocycles. The highest BCUT2D eigenvalue weighted by Gasteiger charge is 2.30. The van der Waals surface area contributed by atoms with Crippen LogP contribution in [0.3, 0.4) is 0 Å². The zero-order valence-corrected chi connectivity index (χ0v) is 12.2. The summed E-state index contributed by atoms with van der Waals surface area (Å²) < 4.78 is 24.4. The van der Waals surface area contributed by atoms with E-state index in [1.807, 2.05) is 6.08 Å². The number of morpholine rings is 1. The molecule has 0 amide bonds. The van der Waals surface area contributed by atoms with Crippen molar-refractivity contribution in [2.45, 2.75) is 25.0 Å². The molecule has 0 radical (unpaired) electrons. The van der Waals surface area contributed by atoms with Gasteiger partial charge in [-0.3, -0.25) is 4.90 Å². The van der Waals surface area contributed by atoms with E-state index >= 15 is 0 Å². The summed E-state index contributed by atoms with van der Waals surface area (Å²) in [7, 11) is 0. The Morgan fingerprint density at radius 3 is 2.71 bits per heavy atom. The zero-order valence-electron chi connectivity index (χ0n) is 12.2. The maximum atomic E-state index is 12.8. The quantitative estimate of drug-likeness (QED) is 0.851. The van der Waals surface area contributed by atoms with Crippen molar-refractivity contribution < 1.29 is 13.9 Å². The summed E-state index contributed by atoms with van der Waals surface area (Å²) in [4.78, 5) is 2.38. The molecule has 0 aromatic heterocycles. The van der Waals surface area contributed by atoms with E-state index in [1.54, 1.807) is 12.1 Å². The van der Waals surface area contributed by atoms with E-state index in [0.29, 0.717) is 0 Å². The number of hydrogen-bond acceptors (Lipinski definition) is 3. The molecule has 0 unspecified atom stereocenters. The summed E-state index contributed by atoms with van der Waals surface area (Å²) >= 11 is 0. The number of ether oxygens (including phenoxy) is 2. The first-order valence-electron chi connectivity index (χ1n) is 7.69. The van der Waals surface area contributed by atoms with Gasteiger partial charge in [0.1, 0.15) is 5.82 Å². The van der Waals surface area contributed by atoms with Gasteiger partial charge in [-0.05, 0) is 30.5 Å². The van der Waals surface area contributed by atoms with Crippen LogP contribution in [0.1, 0.15) is 18.4 Å². The first-order chi connectivity index (χ1) is 10.3. The molecule has 1 aromatic rings. The van der Waals surface area contributed by atoms with Crippen LogP contribution in [0.2, 0.25) is 0 Å². The molecule has 2 aliphatic rings. The second-order valence-corrected chi connectivity index (χ2v) is 5.67. The van der Waals surface area contributed by atoms with Crippen molar-refractivity contribution >= 4 is 6.08 Å². The van der Waals surface area contributed by atoms with Crippen LogP contribution in [0.4, 0.5) is 4.39 Å². The van der Waals surface area contributed by atoms with E-state index in [0.717, 1.165) is 51.3 Å². The molecule has 3 rings (SSSR count). The number of hydrogen-bond donors (Lipinski definition) is 0. The van der Waals surface area contributed by atoms with Crippen molar-refractivity contribution in [3.8, 4) is 0 Å². The van der Waals surface area contributed by atoms with Gasteiger partial charge in [0.15, 0.2) is 0 Å².